The zero-order chi connectivity index (χ0) is 13.9. The van der Waals surface area contributed by atoms with E-state index < -0.39 is 16.4 Å². The van der Waals surface area contributed by atoms with E-state index in [-0.39, 0.29) is 22.8 Å². The third kappa shape index (κ3) is 2.20. The van der Waals surface area contributed by atoms with Crippen LogP contribution in [0.15, 0.2) is 6.07 Å². The standard InChI is InChI=1S/C11H13NO6/c1-6(13)7-5-8(16-2)10(17-3)11(18-4)9(7)12(14)15/h5H,1-4H3. The third-order valence-corrected chi connectivity index (χ3v) is 2.37. The lowest BCUT2D eigenvalue weighted by Crippen LogP contribution is -2.06. The summed E-state index contributed by atoms with van der Waals surface area (Å²) in [4.78, 5) is 21.8. The summed E-state index contributed by atoms with van der Waals surface area (Å²) in [7, 11) is 3.96. The first kappa shape index (κ1) is 13.8. The van der Waals surface area contributed by atoms with Gasteiger partial charge >= 0.3 is 5.69 Å². The van der Waals surface area contributed by atoms with Crippen LogP contribution in [0.25, 0.3) is 0 Å². The fourth-order valence-electron chi connectivity index (χ4n) is 1.59. The van der Waals surface area contributed by atoms with Crippen molar-refractivity contribution in [2.24, 2.45) is 0 Å². The molecule has 0 aliphatic carbocycles. The van der Waals surface area contributed by atoms with E-state index in [0.29, 0.717) is 0 Å². The number of nitro benzene ring substituents is 1. The van der Waals surface area contributed by atoms with E-state index in [4.69, 9.17) is 14.2 Å². The first-order chi connectivity index (χ1) is 8.47. The summed E-state index contributed by atoms with van der Waals surface area (Å²) in [6, 6.07) is 1.27. The molecule has 18 heavy (non-hydrogen) atoms. The van der Waals surface area contributed by atoms with Crippen molar-refractivity contribution in [1.29, 1.82) is 0 Å². The summed E-state index contributed by atoms with van der Waals surface area (Å²) in [5.74, 6) is -0.310. The SMILES string of the molecule is COc1cc(C(C)=O)c([N+](=O)[O-])c(OC)c1OC. The third-order valence-electron chi connectivity index (χ3n) is 2.37. The first-order valence-electron chi connectivity index (χ1n) is 4.96. The number of Topliss-reactive ketones (excluding diaryl/α,β-unsaturated/α-hetero) is 1. The van der Waals surface area contributed by atoms with Crippen LogP contribution in [-0.4, -0.2) is 32.0 Å². The van der Waals surface area contributed by atoms with Crippen molar-refractivity contribution in [3.8, 4) is 17.2 Å². The lowest BCUT2D eigenvalue weighted by Gasteiger charge is -2.13. The molecule has 0 aromatic heterocycles. The van der Waals surface area contributed by atoms with Gasteiger partial charge in [-0.25, -0.2) is 0 Å². The molecule has 0 unspecified atom stereocenters. The molecule has 1 rings (SSSR count). The number of nitrogens with zero attached hydrogens (tertiary/aromatic N) is 1. The van der Waals surface area contributed by atoms with Gasteiger partial charge in [-0.2, -0.15) is 0 Å². The summed E-state index contributed by atoms with van der Waals surface area (Å²) >= 11 is 0. The maximum absolute atomic E-state index is 11.5. The number of benzene rings is 1. The molecule has 1 aromatic carbocycles. The second-order valence-corrected chi connectivity index (χ2v) is 3.35. The average Bonchev–Trinajstić information content (AvgIpc) is 2.35. The highest BCUT2D eigenvalue weighted by Crippen LogP contribution is 2.46. The van der Waals surface area contributed by atoms with Crippen LogP contribution in [0, 0.1) is 10.1 Å². The molecule has 1 aromatic rings. The van der Waals surface area contributed by atoms with Crippen LogP contribution in [0.1, 0.15) is 17.3 Å². The molecule has 0 fully saturated rings. The fraction of sp³-hybridized carbons (Fsp3) is 0.364. The normalized spacial score (nSPS) is 9.78. The summed E-state index contributed by atoms with van der Waals surface area (Å²) in [5.41, 5.74) is -0.517. The molecule has 0 radical (unpaired) electrons. The maximum Gasteiger partial charge on any atom is 0.325 e. The van der Waals surface area contributed by atoms with Gasteiger partial charge in [-0.05, 0) is 6.92 Å². The zero-order valence-corrected chi connectivity index (χ0v) is 10.5. The van der Waals surface area contributed by atoms with Crippen molar-refractivity contribution in [3.05, 3.63) is 21.7 Å². The quantitative estimate of drug-likeness (QED) is 0.453. The molecule has 0 N–H and O–H groups in total. The second kappa shape index (κ2) is 5.35. The highest BCUT2D eigenvalue weighted by atomic mass is 16.6. The molecule has 0 saturated heterocycles. The number of carbonyl (C=O) groups excluding carboxylic acids is 1. The van der Waals surface area contributed by atoms with Gasteiger partial charge in [-0.3, -0.25) is 14.9 Å². The predicted octanol–water partition coefficient (Wildman–Crippen LogP) is 1.82. The molecule has 0 heterocycles. The van der Waals surface area contributed by atoms with Crippen molar-refractivity contribution >= 4 is 11.5 Å². The number of ether oxygens (including phenoxy) is 3. The van der Waals surface area contributed by atoms with Crippen molar-refractivity contribution in [2.45, 2.75) is 6.92 Å². The Morgan fingerprint density at radius 3 is 2.06 bits per heavy atom. The van der Waals surface area contributed by atoms with E-state index >= 15 is 0 Å². The van der Waals surface area contributed by atoms with Gasteiger partial charge in [0.2, 0.25) is 11.5 Å². The Bertz CT molecular complexity index is 497. The number of hydrogen-bond acceptors (Lipinski definition) is 6. The van der Waals surface area contributed by atoms with Crippen molar-refractivity contribution in [1.82, 2.24) is 0 Å². The number of ketones is 1. The molecule has 0 bridgehead atoms. The van der Waals surface area contributed by atoms with Crippen LogP contribution in [0.4, 0.5) is 5.69 Å². The van der Waals surface area contributed by atoms with Gasteiger partial charge < -0.3 is 14.2 Å². The Morgan fingerprint density at radius 1 is 1.17 bits per heavy atom. The zero-order valence-electron chi connectivity index (χ0n) is 10.5. The smallest absolute Gasteiger partial charge is 0.325 e. The van der Waals surface area contributed by atoms with Gasteiger partial charge in [-0.1, -0.05) is 0 Å². The monoisotopic (exact) mass is 255 g/mol. The molecule has 0 amide bonds. The molecule has 0 saturated carbocycles. The Labute approximate surface area is 103 Å². The van der Waals surface area contributed by atoms with E-state index in [1.807, 2.05) is 0 Å². The summed E-state index contributed by atoms with van der Waals surface area (Å²) in [6.45, 7) is 1.23. The molecular weight excluding hydrogens is 242 g/mol. The van der Waals surface area contributed by atoms with E-state index in [9.17, 15) is 14.9 Å². The summed E-state index contributed by atoms with van der Waals surface area (Å²) in [5, 5.41) is 11.1. The van der Waals surface area contributed by atoms with E-state index in [0.717, 1.165) is 0 Å². The Balaban J connectivity index is 3.74. The highest BCUT2D eigenvalue weighted by Gasteiger charge is 2.30. The molecule has 7 nitrogen and oxygen atoms in total. The predicted molar refractivity (Wildman–Crippen MR) is 62.8 cm³/mol. The summed E-state index contributed by atoms with van der Waals surface area (Å²) < 4.78 is 15.0. The topological polar surface area (TPSA) is 87.9 Å². The highest BCUT2D eigenvalue weighted by molar-refractivity contribution is 6.00. The second-order valence-electron chi connectivity index (χ2n) is 3.35. The maximum atomic E-state index is 11.5. The van der Waals surface area contributed by atoms with Gasteiger partial charge in [-0.15, -0.1) is 0 Å². The number of methoxy groups -OCH3 is 3. The molecular formula is C11H13NO6. The van der Waals surface area contributed by atoms with Crippen molar-refractivity contribution < 1.29 is 23.9 Å². The van der Waals surface area contributed by atoms with Gasteiger partial charge in [0.25, 0.3) is 0 Å². The van der Waals surface area contributed by atoms with Crippen LogP contribution in [0.2, 0.25) is 0 Å². The summed E-state index contributed by atoms with van der Waals surface area (Å²) in [6.07, 6.45) is 0. The largest absolute Gasteiger partial charge is 0.493 e. The molecule has 7 heteroatoms. The van der Waals surface area contributed by atoms with Gasteiger partial charge in [0.15, 0.2) is 11.5 Å². The minimum atomic E-state index is -0.683. The Kier molecular flexibility index (Phi) is 4.09. The molecule has 0 aliphatic heterocycles. The van der Waals surface area contributed by atoms with Crippen molar-refractivity contribution in [3.63, 3.8) is 0 Å². The molecule has 0 spiro atoms. The average molecular weight is 255 g/mol. The fourth-order valence-corrected chi connectivity index (χ4v) is 1.59. The van der Waals surface area contributed by atoms with Gasteiger partial charge in [0.05, 0.1) is 26.3 Å². The lowest BCUT2D eigenvalue weighted by molar-refractivity contribution is -0.386. The Hall–Kier alpha value is -2.31. The lowest BCUT2D eigenvalue weighted by atomic mass is 10.1. The van der Waals surface area contributed by atoms with E-state index in [1.165, 1.54) is 34.3 Å². The minimum Gasteiger partial charge on any atom is -0.493 e. The molecule has 98 valence electrons. The minimum absolute atomic E-state index is 0.0803. The number of nitro groups is 1. The van der Waals surface area contributed by atoms with Gasteiger partial charge in [0.1, 0.15) is 5.56 Å². The van der Waals surface area contributed by atoms with E-state index in [2.05, 4.69) is 0 Å². The number of rotatable bonds is 5. The van der Waals surface area contributed by atoms with Crippen molar-refractivity contribution in [2.75, 3.05) is 21.3 Å². The molecule has 0 atom stereocenters. The van der Waals surface area contributed by atoms with Crippen LogP contribution in [-0.2, 0) is 0 Å². The van der Waals surface area contributed by atoms with Gasteiger partial charge in [0, 0.05) is 6.07 Å². The molecule has 0 aliphatic rings. The van der Waals surface area contributed by atoms with Crippen LogP contribution in [0.3, 0.4) is 0 Å². The first-order valence-corrected chi connectivity index (χ1v) is 4.96. The van der Waals surface area contributed by atoms with E-state index in [1.54, 1.807) is 0 Å². The number of carbonyl (C=O) groups is 1. The van der Waals surface area contributed by atoms with Crippen LogP contribution < -0.4 is 14.2 Å². The van der Waals surface area contributed by atoms with Crippen LogP contribution >= 0.6 is 0 Å². The van der Waals surface area contributed by atoms with Crippen LogP contribution in [0.5, 0.6) is 17.2 Å². The Morgan fingerprint density at radius 2 is 1.72 bits per heavy atom. The number of hydrogen-bond donors (Lipinski definition) is 0.